The topological polar surface area (TPSA) is 104 Å². The van der Waals surface area contributed by atoms with Crippen molar-refractivity contribution in [3.8, 4) is 0 Å². The Bertz CT molecular complexity index is 563. The third-order valence-electron chi connectivity index (χ3n) is 2.73. The van der Waals surface area contributed by atoms with E-state index in [1.807, 2.05) is 0 Å². The molecule has 0 fully saturated rings. The molecule has 1 aromatic heterocycles. The minimum absolute atomic E-state index is 0.0106. The lowest BCUT2D eigenvalue weighted by Gasteiger charge is -2.06. The zero-order valence-electron chi connectivity index (χ0n) is 11.3. The number of anilines is 1. The molecule has 0 saturated heterocycles. The monoisotopic (exact) mass is 289 g/mol. The molecule has 0 aromatic carbocycles. The molecule has 7 nitrogen and oxygen atoms in total. The van der Waals surface area contributed by atoms with Crippen LogP contribution in [0.3, 0.4) is 0 Å². The predicted molar refractivity (Wildman–Crippen MR) is 71.6 cm³/mol. The van der Waals surface area contributed by atoms with E-state index in [2.05, 4.69) is 5.10 Å². The van der Waals surface area contributed by atoms with Crippen molar-refractivity contribution in [2.45, 2.75) is 20.3 Å². The van der Waals surface area contributed by atoms with Crippen molar-refractivity contribution in [2.24, 2.45) is 7.05 Å². The summed E-state index contributed by atoms with van der Waals surface area (Å²) in [6.07, 6.45) is 0.276. The highest BCUT2D eigenvalue weighted by Crippen LogP contribution is 2.16. The second kappa shape index (κ2) is 6.05. The van der Waals surface area contributed by atoms with E-state index in [1.54, 1.807) is 20.9 Å². The molecular formula is C11H19N3O4S. The first-order valence-electron chi connectivity index (χ1n) is 5.95. The maximum atomic E-state index is 11.8. The number of nitrogens with zero attached hydrogens (tertiary/aromatic N) is 2. The van der Waals surface area contributed by atoms with Gasteiger partial charge in [0.1, 0.15) is 9.84 Å². The first-order chi connectivity index (χ1) is 8.78. The Hall–Kier alpha value is -1.57. The SMILES string of the molecule is CCS(=O)(=O)CCCOC(=O)c1c(N)c(C)nn1C. The van der Waals surface area contributed by atoms with E-state index in [1.165, 1.54) is 4.68 Å². The summed E-state index contributed by atoms with van der Waals surface area (Å²) >= 11 is 0. The van der Waals surface area contributed by atoms with Crippen molar-refractivity contribution in [1.29, 1.82) is 0 Å². The van der Waals surface area contributed by atoms with Crippen LogP contribution in [0.2, 0.25) is 0 Å². The fourth-order valence-electron chi connectivity index (χ4n) is 1.57. The number of nitrogen functional groups attached to an aromatic ring is 1. The number of nitrogens with two attached hydrogens (primary N) is 1. The van der Waals surface area contributed by atoms with Gasteiger partial charge in [-0.3, -0.25) is 4.68 Å². The molecule has 8 heteroatoms. The van der Waals surface area contributed by atoms with E-state index >= 15 is 0 Å². The van der Waals surface area contributed by atoms with Crippen LogP contribution in [0.15, 0.2) is 0 Å². The van der Waals surface area contributed by atoms with Crippen LogP contribution < -0.4 is 5.73 Å². The number of carbonyl (C=O) groups is 1. The van der Waals surface area contributed by atoms with Crippen LogP contribution in [0.1, 0.15) is 29.5 Å². The van der Waals surface area contributed by atoms with Gasteiger partial charge >= 0.3 is 5.97 Å². The number of hydrogen-bond donors (Lipinski definition) is 1. The van der Waals surface area contributed by atoms with E-state index in [0.717, 1.165) is 0 Å². The van der Waals surface area contributed by atoms with Gasteiger partial charge in [-0.2, -0.15) is 5.10 Å². The van der Waals surface area contributed by atoms with E-state index in [-0.39, 0.29) is 35.9 Å². The Kier molecular flexibility index (Phi) is 4.93. The van der Waals surface area contributed by atoms with Crippen molar-refractivity contribution in [3.05, 3.63) is 11.4 Å². The summed E-state index contributed by atoms with van der Waals surface area (Å²) in [6, 6.07) is 0. The van der Waals surface area contributed by atoms with Gasteiger partial charge in [-0.25, -0.2) is 13.2 Å². The number of aryl methyl sites for hydroxylation is 2. The van der Waals surface area contributed by atoms with Gasteiger partial charge in [-0.15, -0.1) is 0 Å². The van der Waals surface area contributed by atoms with Gasteiger partial charge in [-0.05, 0) is 13.3 Å². The molecule has 0 spiro atoms. The summed E-state index contributed by atoms with van der Waals surface area (Å²) in [5.74, 6) is -0.486. The first kappa shape index (κ1) is 15.5. The Balaban J connectivity index is 2.53. The smallest absolute Gasteiger partial charge is 0.358 e. The minimum Gasteiger partial charge on any atom is -0.461 e. The molecule has 0 unspecified atom stereocenters. The predicted octanol–water partition coefficient (Wildman–Crippen LogP) is 0.292. The van der Waals surface area contributed by atoms with E-state index in [0.29, 0.717) is 5.69 Å². The number of ether oxygens (including phenoxy) is 1. The van der Waals surface area contributed by atoms with Crippen molar-refractivity contribution in [2.75, 3.05) is 23.8 Å². The van der Waals surface area contributed by atoms with Crippen LogP contribution in [-0.4, -0.2) is 42.3 Å². The number of hydrogen-bond acceptors (Lipinski definition) is 6. The van der Waals surface area contributed by atoms with Gasteiger partial charge in [0.15, 0.2) is 5.69 Å². The third-order valence-corrected chi connectivity index (χ3v) is 4.52. The molecule has 1 rings (SSSR count). The van der Waals surface area contributed by atoms with Gasteiger partial charge in [0.25, 0.3) is 0 Å². The van der Waals surface area contributed by atoms with Gasteiger partial charge < -0.3 is 10.5 Å². The molecule has 0 atom stereocenters. The van der Waals surface area contributed by atoms with Crippen LogP contribution in [0.4, 0.5) is 5.69 Å². The Morgan fingerprint density at radius 3 is 2.58 bits per heavy atom. The molecule has 0 amide bonds. The third kappa shape index (κ3) is 3.95. The fourth-order valence-corrected chi connectivity index (χ4v) is 2.42. The highest BCUT2D eigenvalue weighted by Gasteiger charge is 2.19. The largest absolute Gasteiger partial charge is 0.461 e. The van der Waals surface area contributed by atoms with Crippen LogP contribution in [0.5, 0.6) is 0 Å². The van der Waals surface area contributed by atoms with Crippen molar-refractivity contribution in [1.82, 2.24) is 9.78 Å². The zero-order valence-corrected chi connectivity index (χ0v) is 12.2. The molecule has 0 bridgehead atoms. The molecule has 0 aliphatic rings. The lowest BCUT2D eigenvalue weighted by molar-refractivity contribution is 0.0494. The molecule has 1 heterocycles. The maximum absolute atomic E-state index is 11.8. The van der Waals surface area contributed by atoms with E-state index < -0.39 is 15.8 Å². The van der Waals surface area contributed by atoms with Crippen molar-refractivity contribution in [3.63, 3.8) is 0 Å². The van der Waals surface area contributed by atoms with Crippen LogP contribution >= 0.6 is 0 Å². The molecule has 0 aliphatic carbocycles. The molecule has 0 aliphatic heterocycles. The van der Waals surface area contributed by atoms with Crippen LogP contribution in [0, 0.1) is 6.92 Å². The number of aromatic nitrogens is 2. The number of esters is 1. The standard InChI is InChI=1S/C11H19N3O4S/c1-4-19(16,17)7-5-6-18-11(15)10-9(12)8(2)13-14(10)3/h4-7,12H2,1-3H3. The average Bonchev–Trinajstić information content (AvgIpc) is 2.59. The summed E-state index contributed by atoms with van der Waals surface area (Å²) in [6.45, 7) is 3.32. The molecule has 2 N–H and O–H groups in total. The summed E-state index contributed by atoms with van der Waals surface area (Å²) in [7, 11) is -1.43. The normalized spacial score (nSPS) is 11.5. The zero-order chi connectivity index (χ0) is 14.6. The number of rotatable bonds is 6. The Morgan fingerprint density at radius 1 is 1.47 bits per heavy atom. The van der Waals surface area contributed by atoms with Crippen LogP contribution in [-0.2, 0) is 21.6 Å². The number of carbonyl (C=O) groups excluding carboxylic acids is 1. The molecule has 1 aromatic rings. The summed E-state index contributed by atoms with van der Waals surface area (Å²) in [5.41, 5.74) is 6.75. The number of sulfone groups is 1. The van der Waals surface area contributed by atoms with Crippen molar-refractivity contribution >= 4 is 21.5 Å². The van der Waals surface area contributed by atoms with Gasteiger partial charge in [0, 0.05) is 12.8 Å². The first-order valence-corrected chi connectivity index (χ1v) is 7.77. The van der Waals surface area contributed by atoms with Crippen molar-refractivity contribution < 1.29 is 17.9 Å². The highest BCUT2D eigenvalue weighted by molar-refractivity contribution is 7.91. The molecule has 0 saturated carbocycles. The van der Waals surface area contributed by atoms with Gasteiger partial charge in [-0.1, -0.05) is 6.92 Å². The Labute approximate surface area is 112 Å². The Morgan fingerprint density at radius 2 is 2.11 bits per heavy atom. The second-order valence-corrected chi connectivity index (χ2v) is 6.67. The van der Waals surface area contributed by atoms with E-state index in [4.69, 9.17) is 10.5 Å². The molecule has 108 valence electrons. The summed E-state index contributed by atoms with van der Waals surface area (Å²) < 4.78 is 28.9. The summed E-state index contributed by atoms with van der Waals surface area (Å²) in [4.78, 5) is 11.8. The highest BCUT2D eigenvalue weighted by atomic mass is 32.2. The maximum Gasteiger partial charge on any atom is 0.358 e. The average molecular weight is 289 g/mol. The van der Waals surface area contributed by atoms with Crippen LogP contribution in [0.25, 0.3) is 0 Å². The lowest BCUT2D eigenvalue weighted by Crippen LogP contribution is -2.16. The molecule has 0 radical (unpaired) electrons. The van der Waals surface area contributed by atoms with E-state index in [9.17, 15) is 13.2 Å². The molecular weight excluding hydrogens is 270 g/mol. The van der Waals surface area contributed by atoms with Gasteiger partial charge in [0.05, 0.1) is 23.7 Å². The lowest BCUT2D eigenvalue weighted by atomic mass is 10.3. The fraction of sp³-hybridized carbons (Fsp3) is 0.636. The minimum atomic E-state index is -3.03. The second-order valence-electron chi connectivity index (χ2n) is 4.20. The van der Waals surface area contributed by atoms with Gasteiger partial charge in [0.2, 0.25) is 0 Å². The quantitative estimate of drug-likeness (QED) is 0.596. The summed E-state index contributed by atoms with van der Waals surface area (Å²) in [5, 5.41) is 4.01. The molecule has 19 heavy (non-hydrogen) atoms.